The van der Waals surface area contributed by atoms with E-state index in [4.69, 9.17) is 11.6 Å². The average molecular weight is 441 g/mol. The predicted octanol–water partition coefficient (Wildman–Crippen LogP) is 4.30. The van der Waals surface area contributed by atoms with Crippen molar-refractivity contribution < 1.29 is 9.18 Å². The zero-order valence-corrected chi connectivity index (χ0v) is 18.6. The van der Waals surface area contributed by atoms with Gasteiger partial charge in [-0.2, -0.15) is 5.10 Å². The summed E-state index contributed by atoms with van der Waals surface area (Å²) in [6.45, 7) is 8.05. The first-order valence-electron chi connectivity index (χ1n) is 10.5. The molecule has 2 aromatic carbocycles. The number of hydrogen-bond acceptors (Lipinski definition) is 3. The van der Waals surface area contributed by atoms with E-state index in [0.717, 1.165) is 35.6 Å². The number of halogens is 2. The Kier molecular flexibility index (Phi) is 6.39. The van der Waals surface area contributed by atoms with E-state index in [1.807, 2.05) is 53.8 Å². The summed E-state index contributed by atoms with van der Waals surface area (Å²) in [5, 5.41) is 5.16. The Hall–Kier alpha value is -2.70. The minimum atomic E-state index is -0.212. The van der Waals surface area contributed by atoms with E-state index in [9.17, 15) is 9.18 Å². The van der Waals surface area contributed by atoms with Gasteiger partial charge in [-0.05, 0) is 49.2 Å². The molecule has 0 saturated carbocycles. The molecule has 1 fully saturated rings. The van der Waals surface area contributed by atoms with Gasteiger partial charge in [0.05, 0.1) is 23.0 Å². The minimum Gasteiger partial charge on any atom is -0.336 e. The summed E-state index contributed by atoms with van der Waals surface area (Å²) in [7, 11) is 0. The predicted molar refractivity (Wildman–Crippen MR) is 120 cm³/mol. The maximum atomic E-state index is 13.4. The molecule has 0 radical (unpaired) electrons. The van der Waals surface area contributed by atoms with Crippen LogP contribution in [-0.4, -0.2) is 51.7 Å². The lowest BCUT2D eigenvalue weighted by molar-refractivity contribution is 0.0628. The Balaban J connectivity index is 1.33. The second kappa shape index (κ2) is 9.20. The summed E-state index contributed by atoms with van der Waals surface area (Å²) < 4.78 is 15.3. The molecule has 1 aliphatic heterocycles. The highest BCUT2D eigenvalue weighted by Gasteiger charge is 2.22. The molecule has 0 spiro atoms. The molecule has 3 aromatic rings. The molecule has 2 heterocycles. The monoisotopic (exact) mass is 440 g/mol. The molecule has 1 saturated heterocycles. The van der Waals surface area contributed by atoms with E-state index < -0.39 is 0 Å². The lowest BCUT2D eigenvalue weighted by Crippen LogP contribution is -2.48. The SMILES string of the molecule is Cc1nn(Cc2ccc(C(=O)N3CCN(Cc4cccc(F)c4)CC3)cc2)c(C)c1Cl. The largest absolute Gasteiger partial charge is 0.336 e. The molecule has 7 heteroatoms. The quantitative estimate of drug-likeness (QED) is 0.594. The first-order chi connectivity index (χ1) is 14.9. The van der Waals surface area contributed by atoms with Gasteiger partial charge in [0.15, 0.2) is 0 Å². The second-order valence-corrected chi connectivity index (χ2v) is 8.42. The Morgan fingerprint density at radius 2 is 1.71 bits per heavy atom. The molecule has 0 bridgehead atoms. The number of benzene rings is 2. The third-order valence-electron chi connectivity index (χ3n) is 5.78. The molecule has 1 amide bonds. The van der Waals surface area contributed by atoms with Crippen LogP contribution in [-0.2, 0) is 13.1 Å². The van der Waals surface area contributed by atoms with Crippen molar-refractivity contribution in [3.63, 3.8) is 0 Å². The number of hydrogen-bond donors (Lipinski definition) is 0. The van der Waals surface area contributed by atoms with E-state index in [-0.39, 0.29) is 11.7 Å². The number of rotatable bonds is 5. The van der Waals surface area contributed by atoms with E-state index in [0.29, 0.717) is 36.8 Å². The Labute approximate surface area is 187 Å². The van der Waals surface area contributed by atoms with Crippen LogP contribution in [0.3, 0.4) is 0 Å². The number of aromatic nitrogens is 2. The van der Waals surface area contributed by atoms with Gasteiger partial charge < -0.3 is 4.90 Å². The molecular weight excluding hydrogens is 415 g/mol. The highest BCUT2D eigenvalue weighted by atomic mass is 35.5. The highest BCUT2D eigenvalue weighted by molar-refractivity contribution is 6.31. The Morgan fingerprint density at radius 1 is 1.00 bits per heavy atom. The molecule has 162 valence electrons. The molecule has 4 rings (SSSR count). The number of nitrogens with zero attached hydrogens (tertiary/aromatic N) is 4. The highest BCUT2D eigenvalue weighted by Crippen LogP contribution is 2.20. The Morgan fingerprint density at radius 3 is 2.32 bits per heavy atom. The number of carbonyl (C=O) groups excluding carboxylic acids is 1. The topological polar surface area (TPSA) is 41.4 Å². The van der Waals surface area contributed by atoms with Crippen molar-refractivity contribution in [1.29, 1.82) is 0 Å². The third-order valence-corrected chi connectivity index (χ3v) is 6.33. The molecule has 0 aliphatic carbocycles. The normalized spacial score (nSPS) is 14.8. The lowest BCUT2D eigenvalue weighted by atomic mass is 10.1. The molecule has 0 N–H and O–H groups in total. The van der Waals surface area contributed by atoms with Crippen molar-refractivity contribution in [2.24, 2.45) is 0 Å². The van der Waals surface area contributed by atoms with Gasteiger partial charge >= 0.3 is 0 Å². The van der Waals surface area contributed by atoms with Crippen molar-refractivity contribution in [1.82, 2.24) is 19.6 Å². The van der Waals surface area contributed by atoms with Crippen molar-refractivity contribution in [2.45, 2.75) is 26.9 Å². The third kappa shape index (κ3) is 4.97. The van der Waals surface area contributed by atoms with Gasteiger partial charge in [0.1, 0.15) is 5.82 Å². The smallest absolute Gasteiger partial charge is 0.253 e. The van der Waals surface area contributed by atoms with E-state index >= 15 is 0 Å². The zero-order valence-electron chi connectivity index (χ0n) is 17.8. The summed E-state index contributed by atoms with van der Waals surface area (Å²) in [4.78, 5) is 17.0. The van der Waals surface area contributed by atoms with Crippen LogP contribution in [0.2, 0.25) is 5.02 Å². The van der Waals surface area contributed by atoms with Crippen LogP contribution in [0.1, 0.15) is 32.9 Å². The summed E-state index contributed by atoms with van der Waals surface area (Å²) in [5.41, 5.74) is 4.48. The Bertz CT molecular complexity index is 1070. The van der Waals surface area contributed by atoms with E-state index in [2.05, 4.69) is 10.00 Å². The van der Waals surface area contributed by atoms with Crippen LogP contribution in [0.4, 0.5) is 4.39 Å². The van der Waals surface area contributed by atoms with Gasteiger partial charge in [-0.1, -0.05) is 35.9 Å². The van der Waals surface area contributed by atoms with Crippen LogP contribution in [0.15, 0.2) is 48.5 Å². The van der Waals surface area contributed by atoms with E-state index in [1.54, 1.807) is 12.1 Å². The maximum Gasteiger partial charge on any atom is 0.253 e. The average Bonchev–Trinajstić information content (AvgIpc) is 3.01. The summed E-state index contributed by atoms with van der Waals surface area (Å²) in [6.07, 6.45) is 0. The van der Waals surface area contributed by atoms with Crippen LogP contribution in [0, 0.1) is 19.7 Å². The van der Waals surface area contributed by atoms with Gasteiger partial charge in [-0.25, -0.2) is 4.39 Å². The molecule has 1 aliphatic rings. The van der Waals surface area contributed by atoms with Gasteiger partial charge in [-0.3, -0.25) is 14.4 Å². The fourth-order valence-corrected chi connectivity index (χ4v) is 4.08. The zero-order chi connectivity index (χ0) is 22.0. The summed E-state index contributed by atoms with van der Waals surface area (Å²) >= 11 is 6.23. The molecule has 0 atom stereocenters. The first-order valence-corrected chi connectivity index (χ1v) is 10.8. The van der Waals surface area contributed by atoms with Crippen molar-refractivity contribution in [3.05, 3.63) is 87.4 Å². The number of aryl methyl sites for hydroxylation is 1. The number of amides is 1. The van der Waals surface area contributed by atoms with E-state index in [1.165, 1.54) is 6.07 Å². The van der Waals surface area contributed by atoms with Crippen molar-refractivity contribution >= 4 is 17.5 Å². The van der Waals surface area contributed by atoms with Crippen LogP contribution in [0.5, 0.6) is 0 Å². The number of carbonyl (C=O) groups is 1. The molecule has 31 heavy (non-hydrogen) atoms. The summed E-state index contributed by atoms with van der Waals surface area (Å²) in [5.74, 6) is -0.165. The fourth-order valence-electron chi connectivity index (χ4n) is 3.94. The lowest BCUT2D eigenvalue weighted by Gasteiger charge is -2.34. The first kappa shape index (κ1) is 21.5. The minimum absolute atomic E-state index is 0.0473. The standard InChI is InChI=1S/C24H26ClFN4O/c1-17-23(25)18(2)30(27-17)16-19-6-8-21(9-7-19)24(31)29-12-10-28(11-13-29)15-20-4-3-5-22(26)14-20/h3-9,14H,10-13,15-16H2,1-2H3. The van der Waals surface area contributed by atoms with Crippen LogP contribution in [0.25, 0.3) is 0 Å². The van der Waals surface area contributed by atoms with Crippen LogP contribution < -0.4 is 0 Å². The second-order valence-electron chi connectivity index (χ2n) is 8.04. The van der Waals surface area contributed by atoms with Gasteiger partial charge in [0, 0.05) is 38.3 Å². The van der Waals surface area contributed by atoms with Gasteiger partial charge in [0.2, 0.25) is 0 Å². The maximum absolute atomic E-state index is 13.4. The van der Waals surface area contributed by atoms with Gasteiger partial charge in [0.25, 0.3) is 5.91 Å². The molecule has 0 unspecified atom stereocenters. The molecular formula is C24H26ClFN4O. The van der Waals surface area contributed by atoms with Gasteiger partial charge in [-0.15, -0.1) is 0 Å². The molecule has 5 nitrogen and oxygen atoms in total. The number of piperazine rings is 1. The van der Waals surface area contributed by atoms with Crippen molar-refractivity contribution in [3.8, 4) is 0 Å². The summed E-state index contributed by atoms with van der Waals surface area (Å²) in [6, 6.07) is 14.4. The fraction of sp³-hybridized carbons (Fsp3) is 0.333. The molecule has 1 aromatic heterocycles. The van der Waals surface area contributed by atoms with Crippen molar-refractivity contribution in [2.75, 3.05) is 26.2 Å². The van der Waals surface area contributed by atoms with Crippen LogP contribution >= 0.6 is 11.6 Å².